The largest absolute Gasteiger partial charge is 0.305 e. The Hall–Kier alpha value is -4.16. The van der Waals surface area contributed by atoms with Gasteiger partial charge in [-0.25, -0.2) is 0 Å². The average molecular weight is 738 g/mol. The molecule has 43 heavy (non-hydrogen) atoms. The Labute approximate surface area is 269 Å². The zero-order valence-electron chi connectivity index (χ0n) is 25.1. The van der Waals surface area contributed by atoms with Crippen LogP contribution < -0.4 is 0 Å². The van der Waals surface area contributed by atoms with Crippen molar-refractivity contribution in [2.24, 2.45) is 11.8 Å². The number of rotatable bonds is 6. The molecule has 0 saturated carbocycles. The van der Waals surface area contributed by atoms with Crippen LogP contribution in [0.25, 0.3) is 44.1 Å². The predicted octanol–water partition coefficient (Wildman–Crippen LogP) is 9.67. The van der Waals surface area contributed by atoms with Gasteiger partial charge in [-0.05, 0) is 81.9 Å². The van der Waals surface area contributed by atoms with Gasteiger partial charge in [0.2, 0.25) is 0 Å². The number of pyridine rings is 2. The molecule has 0 amide bonds. The molecule has 4 aromatic carbocycles. The van der Waals surface area contributed by atoms with E-state index < -0.39 is 0 Å². The summed E-state index contributed by atoms with van der Waals surface area (Å²) in [6.07, 6.45) is 5.75. The Kier molecular flexibility index (Phi) is 11.0. The van der Waals surface area contributed by atoms with Gasteiger partial charge in [0.1, 0.15) is 0 Å². The fourth-order valence-electron chi connectivity index (χ4n) is 5.32. The van der Waals surface area contributed by atoms with Gasteiger partial charge in [0.05, 0.1) is 11.6 Å². The molecule has 0 unspecified atom stereocenters. The molecule has 0 aliphatic heterocycles. The molecule has 0 saturated heterocycles. The van der Waals surface area contributed by atoms with Gasteiger partial charge in [-0.1, -0.05) is 58.0 Å². The van der Waals surface area contributed by atoms with Crippen LogP contribution in [-0.4, -0.2) is 9.97 Å². The van der Waals surface area contributed by atoms with Gasteiger partial charge in [0, 0.05) is 32.5 Å². The maximum Gasteiger partial charge on any atom is 0.0991 e. The van der Waals surface area contributed by atoms with E-state index >= 15 is 0 Å². The van der Waals surface area contributed by atoms with E-state index in [1.807, 2.05) is 66.9 Å². The molecule has 0 spiro atoms. The summed E-state index contributed by atoms with van der Waals surface area (Å²) >= 11 is 0. The Bertz CT molecular complexity index is 1770. The number of nitriles is 1. The molecule has 6 aromatic rings. The third kappa shape index (κ3) is 8.02. The second-order valence-corrected chi connectivity index (χ2v) is 11.5. The van der Waals surface area contributed by atoms with Crippen molar-refractivity contribution in [1.82, 2.24) is 9.97 Å². The van der Waals surface area contributed by atoms with Crippen molar-refractivity contribution in [3.8, 4) is 28.6 Å². The molecule has 0 aliphatic rings. The van der Waals surface area contributed by atoms with Gasteiger partial charge in [0.25, 0.3) is 0 Å². The molecule has 0 aliphatic carbocycles. The normalized spacial score (nSPS) is 10.7. The minimum atomic E-state index is 0. The van der Waals surface area contributed by atoms with E-state index in [4.69, 9.17) is 4.98 Å². The van der Waals surface area contributed by atoms with E-state index in [1.54, 1.807) is 6.20 Å². The van der Waals surface area contributed by atoms with Crippen LogP contribution in [0.1, 0.15) is 44.4 Å². The summed E-state index contributed by atoms with van der Waals surface area (Å²) in [7, 11) is 0. The molecule has 0 N–H and O–H groups in total. The first-order valence-corrected chi connectivity index (χ1v) is 14.6. The van der Waals surface area contributed by atoms with E-state index in [1.165, 1.54) is 11.1 Å². The van der Waals surface area contributed by atoms with E-state index in [0.29, 0.717) is 17.4 Å². The standard InChI is InChI=1S/C28H27N2.C11H8N.Ir/c1-18(2)11-21-13-22(12-19(3)4)16-24(15-21)28-27-8-6-23-14-20(17-29)5-7-25(23)26(27)9-10-30-28;1-2-6-10(7-3-1)11-8-4-5-9-12-11;/h5-10,13-15,18-19H,11-12H2,1-4H3;1-6,8-9H;/q2*-1;. The van der Waals surface area contributed by atoms with E-state index in [-0.39, 0.29) is 20.1 Å². The Morgan fingerprint density at radius 3 is 2.21 bits per heavy atom. The molecule has 0 atom stereocenters. The van der Waals surface area contributed by atoms with Gasteiger partial charge in [0.15, 0.2) is 0 Å². The van der Waals surface area contributed by atoms with Crippen molar-refractivity contribution in [1.29, 1.82) is 5.26 Å². The molecule has 6 rings (SSSR count). The maximum absolute atomic E-state index is 9.22. The zero-order valence-corrected chi connectivity index (χ0v) is 27.5. The van der Waals surface area contributed by atoms with Gasteiger partial charge < -0.3 is 9.97 Å². The third-order valence-corrected chi connectivity index (χ3v) is 7.05. The van der Waals surface area contributed by atoms with Gasteiger partial charge in [-0.2, -0.15) is 5.26 Å². The second-order valence-electron chi connectivity index (χ2n) is 11.5. The van der Waals surface area contributed by atoms with E-state index in [0.717, 1.165) is 56.9 Å². The van der Waals surface area contributed by atoms with Crippen molar-refractivity contribution in [3.05, 3.63) is 132 Å². The first kappa shape index (κ1) is 31.8. The molecular weight excluding hydrogens is 703 g/mol. The summed E-state index contributed by atoms with van der Waals surface area (Å²) in [5, 5.41) is 13.7. The number of hydrogen-bond donors (Lipinski definition) is 0. The van der Waals surface area contributed by atoms with Crippen molar-refractivity contribution in [2.45, 2.75) is 40.5 Å². The monoisotopic (exact) mass is 738 g/mol. The number of aromatic nitrogens is 2. The van der Waals surface area contributed by atoms with Crippen LogP contribution in [0.5, 0.6) is 0 Å². The van der Waals surface area contributed by atoms with Crippen molar-refractivity contribution in [3.63, 3.8) is 0 Å². The first-order chi connectivity index (χ1) is 20.4. The van der Waals surface area contributed by atoms with Crippen molar-refractivity contribution < 1.29 is 20.1 Å². The predicted molar refractivity (Wildman–Crippen MR) is 174 cm³/mol. The quantitative estimate of drug-likeness (QED) is 0.126. The summed E-state index contributed by atoms with van der Waals surface area (Å²) in [6, 6.07) is 39.5. The third-order valence-electron chi connectivity index (χ3n) is 7.05. The van der Waals surface area contributed by atoms with E-state index in [2.05, 4.69) is 81.2 Å². The number of benzene rings is 4. The molecule has 0 fully saturated rings. The van der Waals surface area contributed by atoms with Crippen molar-refractivity contribution >= 4 is 21.5 Å². The van der Waals surface area contributed by atoms with Crippen LogP contribution in [0.15, 0.2) is 103 Å². The first-order valence-electron chi connectivity index (χ1n) is 14.6. The Balaban J connectivity index is 0.000000272. The summed E-state index contributed by atoms with van der Waals surface area (Å²) in [6.45, 7) is 9.02. The SMILES string of the molecule is CC(C)Cc1[c-]c(-c2nccc3c2ccc2cc(C#N)ccc23)cc(CC(C)C)c1.[Ir].[c-]1ccccc1-c1ccccn1. The van der Waals surface area contributed by atoms with E-state index in [9.17, 15) is 5.26 Å². The molecule has 2 aromatic heterocycles. The smallest absolute Gasteiger partial charge is 0.0991 e. The Morgan fingerprint density at radius 1 is 0.721 bits per heavy atom. The summed E-state index contributed by atoms with van der Waals surface area (Å²) in [4.78, 5) is 8.99. The summed E-state index contributed by atoms with van der Waals surface area (Å²) in [5.41, 5.74) is 7.36. The van der Waals surface area contributed by atoms with Crippen LogP contribution >= 0.6 is 0 Å². The van der Waals surface area contributed by atoms with Crippen LogP contribution in [0.2, 0.25) is 0 Å². The fourth-order valence-corrected chi connectivity index (χ4v) is 5.32. The molecule has 217 valence electrons. The van der Waals surface area contributed by atoms with Crippen LogP contribution in [0.4, 0.5) is 0 Å². The van der Waals surface area contributed by atoms with Crippen LogP contribution in [0.3, 0.4) is 0 Å². The van der Waals surface area contributed by atoms with Gasteiger partial charge in [-0.3, -0.25) is 0 Å². The molecule has 0 bridgehead atoms. The zero-order chi connectivity index (χ0) is 29.5. The number of nitrogens with zero attached hydrogens (tertiary/aromatic N) is 3. The van der Waals surface area contributed by atoms with Gasteiger partial charge in [-0.15, -0.1) is 70.8 Å². The molecule has 3 nitrogen and oxygen atoms in total. The minimum absolute atomic E-state index is 0. The molecule has 4 heteroatoms. The molecule has 1 radical (unpaired) electrons. The Morgan fingerprint density at radius 2 is 1.51 bits per heavy atom. The maximum atomic E-state index is 9.22. The summed E-state index contributed by atoms with van der Waals surface area (Å²) < 4.78 is 0. The number of hydrogen-bond acceptors (Lipinski definition) is 3. The fraction of sp³-hybridized carbons (Fsp3) is 0.205. The summed E-state index contributed by atoms with van der Waals surface area (Å²) in [5.74, 6) is 1.19. The number of fused-ring (bicyclic) bond motifs is 3. The van der Waals surface area contributed by atoms with Gasteiger partial charge >= 0.3 is 0 Å². The molecular formula is C39H35IrN3-2. The van der Waals surface area contributed by atoms with Crippen molar-refractivity contribution in [2.75, 3.05) is 0 Å². The minimum Gasteiger partial charge on any atom is -0.305 e. The van der Waals surface area contributed by atoms with Crippen LogP contribution in [-0.2, 0) is 32.9 Å². The second kappa shape index (κ2) is 14.8. The topological polar surface area (TPSA) is 49.6 Å². The molecule has 2 heterocycles. The average Bonchev–Trinajstić information content (AvgIpc) is 3.00. The van der Waals surface area contributed by atoms with Crippen LogP contribution in [0, 0.1) is 35.3 Å².